The third-order valence-corrected chi connectivity index (χ3v) is 3.17. The maximum atomic E-state index is 12.3. The summed E-state index contributed by atoms with van der Waals surface area (Å²) >= 11 is 0. The normalized spacial score (nSPS) is 18.0. The lowest BCUT2D eigenvalue weighted by Crippen LogP contribution is -2.63. The van der Waals surface area contributed by atoms with E-state index in [4.69, 9.17) is 0 Å². The first-order valence-electron chi connectivity index (χ1n) is 5.86. The first kappa shape index (κ1) is 13.1. The number of carbonyl (C=O) groups is 2. The molecule has 1 saturated heterocycles. The van der Waals surface area contributed by atoms with Crippen LogP contribution in [0.1, 0.15) is 24.2 Å². The fraction of sp³-hybridized carbons (Fsp3) is 0.417. The first-order chi connectivity index (χ1) is 8.82. The quantitative estimate of drug-likeness (QED) is 0.632. The van der Waals surface area contributed by atoms with Crippen molar-refractivity contribution < 1.29 is 14.7 Å². The van der Waals surface area contributed by atoms with Crippen molar-refractivity contribution in [1.82, 2.24) is 15.2 Å². The Kier molecular flexibility index (Phi) is 3.05. The number of hydrogen-bond donors (Lipinski definition) is 3. The molecule has 2 heterocycles. The number of piperazine rings is 1. The van der Waals surface area contributed by atoms with Gasteiger partial charge in [0.15, 0.2) is 5.88 Å². The number of H-pyrrole nitrogens is 1. The minimum atomic E-state index is -0.993. The Morgan fingerprint density at radius 3 is 2.68 bits per heavy atom. The molecule has 7 heteroatoms. The van der Waals surface area contributed by atoms with E-state index in [1.54, 1.807) is 13.8 Å². The summed E-state index contributed by atoms with van der Waals surface area (Å²) in [5.41, 5.74) is -1.50. The van der Waals surface area contributed by atoms with Crippen LogP contribution in [-0.4, -0.2) is 45.4 Å². The van der Waals surface area contributed by atoms with Crippen LogP contribution in [0.15, 0.2) is 16.9 Å². The van der Waals surface area contributed by atoms with E-state index in [-0.39, 0.29) is 17.4 Å². The van der Waals surface area contributed by atoms with E-state index in [1.165, 1.54) is 11.0 Å². The molecule has 0 saturated carbocycles. The molecule has 1 aliphatic rings. The molecular weight excluding hydrogens is 250 g/mol. The van der Waals surface area contributed by atoms with Crippen molar-refractivity contribution in [3.8, 4) is 5.88 Å². The van der Waals surface area contributed by atoms with Gasteiger partial charge in [-0.15, -0.1) is 0 Å². The van der Waals surface area contributed by atoms with E-state index in [9.17, 15) is 19.5 Å². The van der Waals surface area contributed by atoms with Gasteiger partial charge in [0.2, 0.25) is 5.91 Å². The highest BCUT2D eigenvalue weighted by Crippen LogP contribution is 2.20. The van der Waals surface area contributed by atoms with Crippen molar-refractivity contribution in [2.24, 2.45) is 0 Å². The predicted octanol–water partition coefficient (Wildman–Crippen LogP) is -0.569. The molecular formula is C12H15N3O4. The van der Waals surface area contributed by atoms with Gasteiger partial charge >= 0.3 is 0 Å². The Bertz CT molecular complexity index is 591. The summed E-state index contributed by atoms with van der Waals surface area (Å²) in [5, 5.41) is 12.0. The standard InChI is InChI=1S/C12H15N3O4/c1-12(2)11(19)13-3-4-15(12)10(18)7-5-8(16)14-9(17)6-7/h5-6H,3-4H2,1-2H3,(H,13,19)(H2,14,16,17). The Morgan fingerprint density at radius 2 is 2.05 bits per heavy atom. The molecule has 0 spiro atoms. The molecule has 0 atom stereocenters. The number of aromatic hydroxyl groups is 1. The van der Waals surface area contributed by atoms with E-state index >= 15 is 0 Å². The molecule has 102 valence electrons. The maximum absolute atomic E-state index is 12.3. The molecule has 2 rings (SSSR count). The molecule has 2 amide bonds. The lowest BCUT2D eigenvalue weighted by molar-refractivity contribution is -0.133. The number of aromatic nitrogens is 1. The minimum Gasteiger partial charge on any atom is -0.494 e. The summed E-state index contributed by atoms with van der Waals surface area (Å²) < 4.78 is 0. The summed E-state index contributed by atoms with van der Waals surface area (Å²) in [6.07, 6.45) is 0. The zero-order valence-corrected chi connectivity index (χ0v) is 10.7. The molecule has 0 aromatic carbocycles. The summed E-state index contributed by atoms with van der Waals surface area (Å²) in [4.78, 5) is 38.9. The second-order valence-corrected chi connectivity index (χ2v) is 4.89. The average Bonchev–Trinajstić information content (AvgIpc) is 2.30. The maximum Gasteiger partial charge on any atom is 0.255 e. The monoisotopic (exact) mass is 265 g/mol. The van der Waals surface area contributed by atoms with Gasteiger partial charge < -0.3 is 15.3 Å². The van der Waals surface area contributed by atoms with Crippen LogP contribution in [0.3, 0.4) is 0 Å². The number of amides is 2. The number of carbonyl (C=O) groups excluding carboxylic acids is 2. The Labute approximate surface area is 109 Å². The van der Waals surface area contributed by atoms with Gasteiger partial charge in [-0.25, -0.2) is 0 Å². The predicted molar refractivity (Wildman–Crippen MR) is 66.9 cm³/mol. The van der Waals surface area contributed by atoms with E-state index < -0.39 is 17.0 Å². The number of nitrogens with one attached hydrogen (secondary N) is 2. The molecule has 0 radical (unpaired) electrons. The molecule has 0 unspecified atom stereocenters. The van der Waals surface area contributed by atoms with Gasteiger partial charge in [-0.2, -0.15) is 0 Å². The number of rotatable bonds is 1. The summed E-state index contributed by atoms with van der Waals surface area (Å²) in [6.45, 7) is 3.98. The average molecular weight is 265 g/mol. The fourth-order valence-corrected chi connectivity index (χ4v) is 2.06. The molecule has 1 fully saturated rings. The Balaban J connectivity index is 2.38. The summed E-state index contributed by atoms with van der Waals surface area (Å²) in [6, 6.07) is 2.27. The lowest BCUT2D eigenvalue weighted by Gasteiger charge is -2.41. The van der Waals surface area contributed by atoms with Crippen molar-refractivity contribution in [2.75, 3.05) is 13.1 Å². The molecule has 0 aliphatic carbocycles. The molecule has 1 aliphatic heterocycles. The van der Waals surface area contributed by atoms with Crippen LogP contribution in [0.5, 0.6) is 5.88 Å². The number of hydrogen-bond acceptors (Lipinski definition) is 4. The first-order valence-corrected chi connectivity index (χ1v) is 5.86. The van der Waals surface area contributed by atoms with Crippen LogP contribution >= 0.6 is 0 Å². The Hall–Kier alpha value is -2.31. The SMILES string of the molecule is CC1(C)C(=O)NCCN1C(=O)c1cc(O)[nH]c(=O)c1. The number of aromatic amines is 1. The zero-order valence-electron chi connectivity index (χ0n) is 10.7. The van der Waals surface area contributed by atoms with E-state index in [0.29, 0.717) is 13.1 Å². The fourth-order valence-electron chi connectivity index (χ4n) is 2.06. The van der Waals surface area contributed by atoms with Crippen molar-refractivity contribution in [3.63, 3.8) is 0 Å². The van der Waals surface area contributed by atoms with Crippen molar-refractivity contribution in [3.05, 3.63) is 28.0 Å². The number of pyridine rings is 1. The van der Waals surface area contributed by atoms with Gasteiger partial charge in [0.1, 0.15) is 5.54 Å². The second-order valence-electron chi connectivity index (χ2n) is 4.89. The van der Waals surface area contributed by atoms with Gasteiger partial charge in [0.25, 0.3) is 11.5 Å². The zero-order chi connectivity index (χ0) is 14.2. The largest absolute Gasteiger partial charge is 0.494 e. The summed E-state index contributed by atoms with van der Waals surface area (Å²) in [7, 11) is 0. The molecule has 7 nitrogen and oxygen atoms in total. The van der Waals surface area contributed by atoms with Crippen LogP contribution in [0.25, 0.3) is 0 Å². The lowest BCUT2D eigenvalue weighted by atomic mass is 9.98. The van der Waals surface area contributed by atoms with Gasteiger partial charge in [-0.3, -0.25) is 19.4 Å². The highest BCUT2D eigenvalue weighted by atomic mass is 16.3. The van der Waals surface area contributed by atoms with Crippen molar-refractivity contribution in [2.45, 2.75) is 19.4 Å². The van der Waals surface area contributed by atoms with E-state index in [2.05, 4.69) is 10.3 Å². The molecule has 0 bridgehead atoms. The van der Waals surface area contributed by atoms with Crippen LogP contribution in [0, 0.1) is 0 Å². The molecule has 1 aromatic heterocycles. The molecule has 1 aromatic rings. The van der Waals surface area contributed by atoms with Gasteiger partial charge in [-0.1, -0.05) is 0 Å². The van der Waals surface area contributed by atoms with Crippen LogP contribution in [0.4, 0.5) is 0 Å². The van der Waals surface area contributed by atoms with Gasteiger partial charge in [0, 0.05) is 25.2 Å². The molecule has 3 N–H and O–H groups in total. The van der Waals surface area contributed by atoms with E-state index in [0.717, 1.165) is 6.07 Å². The van der Waals surface area contributed by atoms with Crippen molar-refractivity contribution in [1.29, 1.82) is 0 Å². The third kappa shape index (κ3) is 2.31. The Morgan fingerprint density at radius 1 is 1.37 bits per heavy atom. The number of nitrogens with zero attached hydrogens (tertiary/aromatic N) is 1. The highest BCUT2D eigenvalue weighted by Gasteiger charge is 2.40. The van der Waals surface area contributed by atoms with Crippen LogP contribution < -0.4 is 10.9 Å². The highest BCUT2D eigenvalue weighted by molar-refractivity contribution is 5.99. The van der Waals surface area contributed by atoms with Crippen LogP contribution in [0.2, 0.25) is 0 Å². The molecule has 19 heavy (non-hydrogen) atoms. The second kappa shape index (κ2) is 4.42. The third-order valence-electron chi connectivity index (χ3n) is 3.17. The minimum absolute atomic E-state index is 0.0593. The van der Waals surface area contributed by atoms with Gasteiger partial charge in [0.05, 0.1) is 5.56 Å². The smallest absolute Gasteiger partial charge is 0.255 e. The van der Waals surface area contributed by atoms with Crippen LogP contribution in [-0.2, 0) is 4.79 Å². The van der Waals surface area contributed by atoms with Gasteiger partial charge in [-0.05, 0) is 13.8 Å². The topological polar surface area (TPSA) is 102 Å². The van der Waals surface area contributed by atoms with Crippen molar-refractivity contribution >= 4 is 11.8 Å². The summed E-state index contributed by atoms with van der Waals surface area (Å²) in [5.74, 6) is -1.09. The van der Waals surface area contributed by atoms with E-state index in [1.807, 2.05) is 0 Å².